The van der Waals surface area contributed by atoms with E-state index in [1.807, 2.05) is 29.9 Å². The Morgan fingerprint density at radius 3 is 2.52 bits per heavy atom. The second kappa shape index (κ2) is 6.44. The van der Waals surface area contributed by atoms with Crippen LogP contribution in [0.4, 0.5) is 11.4 Å². The molecule has 1 aromatic heterocycles. The highest BCUT2D eigenvalue weighted by molar-refractivity contribution is 6.04. The van der Waals surface area contributed by atoms with Crippen LogP contribution in [0.3, 0.4) is 0 Å². The van der Waals surface area contributed by atoms with E-state index in [2.05, 4.69) is 10.3 Å². The molecular weight excluding hydrogens is 324 g/mol. The van der Waals surface area contributed by atoms with Crippen LogP contribution in [0.15, 0.2) is 54.9 Å². The molecule has 0 radical (unpaired) electrons. The lowest BCUT2D eigenvalue weighted by Gasteiger charge is -2.07. The number of phenolic OH excluding ortho intramolecular Hbond substituents is 1. The molecule has 0 spiro atoms. The third-order valence-corrected chi connectivity index (χ3v) is 3.66. The molecule has 0 aliphatic rings. The monoisotopic (exact) mass is 338 g/mol. The lowest BCUT2D eigenvalue weighted by atomic mass is 10.1. The van der Waals surface area contributed by atoms with Crippen LogP contribution in [-0.2, 0) is 7.05 Å². The van der Waals surface area contributed by atoms with Gasteiger partial charge in [0.1, 0.15) is 5.82 Å². The summed E-state index contributed by atoms with van der Waals surface area (Å²) in [6.45, 7) is 0. The quantitative estimate of drug-likeness (QED) is 0.561. The van der Waals surface area contributed by atoms with E-state index >= 15 is 0 Å². The van der Waals surface area contributed by atoms with E-state index in [9.17, 15) is 20.0 Å². The molecule has 1 heterocycles. The van der Waals surface area contributed by atoms with Gasteiger partial charge in [-0.15, -0.1) is 0 Å². The number of rotatable bonds is 4. The third-order valence-electron chi connectivity index (χ3n) is 3.66. The Hall–Kier alpha value is -3.68. The van der Waals surface area contributed by atoms with Gasteiger partial charge in [0, 0.05) is 42.3 Å². The Balaban J connectivity index is 1.76. The number of nitro benzene ring substituents is 1. The minimum absolute atomic E-state index is 0.122. The number of carbonyl (C=O) groups excluding carboxylic acids is 1. The molecule has 0 saturated heterocycles. The summed E-state index contributed by atoms with van der Waals surface area (Å²) >= 11 is 0. The number of aromatic nitrogens is 2. The highest BCUT2D eigenvalue weighted by Gasteiger charge is 2.16. The minimum Gasteiger partial charge on any atom is -0.502 e. The van der Waals surface area contributed by atoms with Crippen LogP contribution in [0.5, 0.6) is 5.75 Å². The maximum atomic E-state index is 12.2. The van der Waals surface area contributed by atoms with E-state index in [0.717, 1.165) is 23.5 Å². The van der Waals surface area contributed by atoms with Gasteiger partial charge in [-0.25, -0.2) is 4.98 Å². The van der Waals surface area contributed by atoms with E-state index in [1.165, 1.54) is 6.07 Å². The Morgan fingerprint density at radius 1 is 1.24 bits per heavy atom. The number of benzene rings is 2. The smallest absolute Gasteiger partial charge is 0.310 e. The Kier molecular flexibility index (Phi) is 4.17. The van der Waals surface area contributed by atoms with Gasteiger partial charge in [0.25, 0.3) is 5.91 Å². The molecule has 0 aliphatic heterocycles. The molecule has 25 heavy (non-hydrogen) atoms. The topological polar surface area (TPSA) is 110 Å². The number of nitrogens with zero attached hydrogens (tertiary/aromatic N) is 3. The summed E-state index contributed by atoms with van der Waals surface area (Å²) in [5, 5.41) is 23.0. The van der Waals surface area contributed by atoms with Crippen molar-refractivity contribution < 1.29 is 14.8 Å². The minimum atomic E-state index is -0.715. The maximum Gasteiger partial charge on any atom is 0.310 e. The normalized spacial score (nSPS) is 10.4. The van der Waals surface area contributed by atoms with Crippen LogP contribution in [0.1, 0.15) is 10.4 Å². The molecule has 0 unspecified atom stereocenters. The number of imidazole rings is 1. The van der Waals surface area contributed by atoms with Crippen LogP contribution in [0.2, 0.25) is 0 Å². The van der Waals surface area contributed by atoms with Gasteiger partial charge in [-0.2, -0.15) is 0 Å². The van der Waals surface area contributed by atoms with Crippen molar-refractivity contribution in [3.05, 3.63) is 70.5 Å². The molecule has 2 aromatic carbocycles. The molecule has 2 N–H and O–H groups in total. The largest absolute Gasteiger partial charge is 0.502 e. The van der Waals surface area contributed by atoms with Crippen LogP contribution in [0.25, 0.3) is 11.4 Å². The van der Waals surface area contributed by atoms with Crippen LogP contribution in [-0.4, -0.2) is 25.5 Å². The summed E-state index contributed by atoms with van der Waals surface area (Å²) in [6.07, 6.45) is 3.54. The molecule has 1 amide bonds. The van der Waals surface area contributed by atoms with E-state index in [-0.39, 0.29) is 5.56 Å². The highest BCUT2D eigenvalue weighted by Crippen LogP contribution is 2.27. The molecule has 3 aromatic rings. The molecule has 0 bridgehead atoms. The first-order valence-electron chi connectivity index (χ1n) is 7.32. The summed E-state index contributed by atoms with van der Waals surface area (Å²) in [5.41, 5.74) is 1.13. The van der Waals surface area contributed by atoms with Gasteiger partial charge < -0.3 is 15.0 Å². The average molecular weight is 338 g/mol. The number of carbonyl (C=O) groups is 1. The number of aryl methyl sites for hydroxylation is 1. The molecule has 8 nitrogen and oxygen atoms in total. The summed E-state index contributed by atoms with van der Waals surface area (Å²) in [5.74, 6) is -0.226. The van der Waals surface area contributed by atoms with Gasteiger partial charge in [-0.05, 0) is 36.4 Å². The number of nitrogens with one attached hydrogen (secondary N) is 1. The second-order valence-corrected chi connectivity index (χ2v) is 5.35. The van der Waals surface area contributed by atoms with Gasteiger partial charge >= 0.3 is 5.69 Å². The molecular formula is C17H14N4O4. The molecule has 0 aliphatic carbocycles. The Labute approximate surface area is 142 Å². The average Bonchev–Trinajstić information content (AvgIpc) is 3.01. The van der Waals surface area contributed by atoms with Crippen molar-refractivity contribution in [3.63, 3.8) is 0 Å². The summed E-state index contributed by atoms with van der Waals surface area (Å²) in [7, 11) is 1.89. The lowest BCUT2D eigenvalue weighted by molar-refractivity contribution is -0.385. The molecule has 0 atom stereocenters. The molecule has 8 heteroatoms. The van der Waals surface area contributed by atoms with E-state index in [4.69, 9.17) is 0 Å². The number of phenols is 1. The number of hydrogen-bond donors (Lipinski definition) is 2. The Morgan fingerprint density at radius 2 is 1.96 bits per heavy atom. The predicted octanol–water partition coefficient (Wildman–Crippen LogP) is 2.95. The summed E-state index contributed by atoms with van der Waals surface area (Å²) in [4.78, 5) is 26.4. The van der Waals surface area contributed by atoms with Crippen molar-refractivity contribution in [1.29, 1.82) is 0 Å². The highest BCUT2D eigenvalue weighted by atomic mass is 16.6. The van der Waals surface area contributed by atoms with Gasteiger partial charge in [0.05, 0.1) is 4.92 Å². The first kappa shape index (κ1) is 16.2. The molecule has 126 valence electrons. The zero-order valence-corrected chi connectivity index (χ0v) is 13.2. The third kappa shape index (κ3) is 3.32. The maximum absolute atomic E-state index is 12.2. The number of hydrogen-bond acceptors (Lipinski definition) is 5. The van der Waals surface area contributed by atoms with E-state index in [0.29, 0.717) is 5.69 Å². The number of amides is 1. The van der Waals surface area contributed by atoms with Gasteiger partial charge in [0.2, 0.25) is 0 Å². The standard InChI is InChI=1S/C17H14N4O4/c1-20-9-8-18-16(20)11-2-5-13(6-3-11)19-17(23)12-4-7-14(21(24)25)15(22)10-12/h2-10,22H,1H3,(H,19,23). The molecule has 0 fully saturated rings. The van der Waals surface area contributed by atoms with Crippen molar-refractivity contribution in [3.8, 4) is 17.1 Å². The van der Waals surface area contributed by atoms with Crippen LogP contribution >= 0.6 is 0 Å². The van der Waals surface area contributed by atoms with Crippen molar-refractivity contribution in [2.24, 2.45) is 7.05 Å². The van der Waals surface area contributed by atoms with Crippen molar-refractivity contribution in [1.82, 2.24) is 9.55 Å². The Bertz CT molecular complexity index is 948. The van der Waals surface area contributed by atoms with Crippen molar-refractivity contribution in [2.45, 2.75) is 0 Å². The zero-order valence-electron chi connectivity index (χ0n) is 13.2. The first-order valence-corrected chi connectivity index (χ1v) is 7.32. The van der Waals surface area contributed by atoms with Gasteiger partial charge in [0.15, 0.2) is 5.75 Å². The van der Waals surface area contributed by atoms with E-state index < -0.39 is 22.3 Å². The van der Waals surface area contributed by atoms with Crippen molar-refractivity contribution >= 4 is 17.3 Å². The number of anilines is 1. The SMILES string of the molecule is Cn1ccnc1-c1ccc(NC(=O)c2ccc([N+](=O)[O-])c(O)c2)cc1. The lowest BCUT2D eigenvalue weighted by Crippen LogP contribution is -2.11. The predicted molar refractivity (Wildman–Crippen MR) is 91.4 cm³/mol. The number of nitro groups is 1. The summed E-state index contributed by atoms with van der Waals surface area (Å²) < 4.78 is 1.88. The van der Waals surface area contributed by atoms with Gasteiger partial charge in [-0.1, -0.05) is 0 Å². The fourth-order valence-electron chi connectivity index (χ4n) is 2.37. The van der Waals surface area contributed by atoms with Crippen molar-refractivity contribution in [2.75, 3.05) is 5.32 Å². The van der Waals surface area contributed by atoms with Gasteiger partial charge in [-0.3, -0.25) is 14.9 Å². The molecule has 3 rings (SSSR count). The molecule has 0 saturated carbocycles. The zero-order chi connectivity index (χ0) is 18.0. The fourth-order valence-corrected chi connectivity index (χ4v) is 2.37. The first-order chi connectivity index (χ1) is 12.0. The summed E-state index contributed by atoms with van der Waals surface area (Å²) in [6, 6.07) is 10.6. The van der Waals surface area contributed by atoms with Crippen LogP contribution < -0.4 is 5.32 Å². The second-order valence-electron chi connectivity index (χ2n) is 5.35. The van der Waals surface area contributed by atoms with E-state index in [1.54, 1.807) is 18.3 Å². The fraction of sp³-hybridized carbons (Fsp3) is 0.0588. The number of aromatic hydroxyl groups is 1. The van der Waals surface area contributed by atoms with Crippen LogP contribution in [0, 0.1) is 10.1 Å².